The predicted molar refractivity (Wildman–Crippen MR) is 95.6 cm³/mol. The third kappa shape index (κ3) is 3.45. The highest BCUT2D eigenvalue weighted by molar-refractivity contribution is 5.67. The maximum absolute atomic E-state index is 12.1. The Bertz CT molecular complexity index is 720. The molecular formula is C18H27N3O7. The maximum Gasteiger partial charge on any atom is 0.407 e. The molecule has 4 unspecified atom stereocenters. The lowest BCUT2D eigenvalue weighted by Gasteiger charge is -2.56. The molecule has 4 aliphatic rings. The first-order valence-corrected chi connectivity index (χ1v) is 9.32. The van der Waals surface area contributed by atoms with Crippen molar-refractivity contribution in [3.05, 3.63) is 12.3 Å². The lowest BCUT2D eigenvalue weighted by Crippen LogP contribution is -2.78. The van der Waals surface area contributed by atoms with Crippen molar-refractivity contribution in [2.75, 3.05) is 25.1 Å². The monoisotopic (exact) mass is 397 g/mol. The number of anilines is 1. The van der Waals surface area contributed by atoms with Gasteiger partial charge in [0.25, 0.3) is 0 Å². The topological polar surface area (TPSA) is 113 Å². The van der Waals surface area contributed by atoms with E-state index in [1.165, 1.54) is 6.20 Å². The standard InChI is InChI=1S/C18H27N3O7/c1-15(2,3)27-14(22)19-8-17-9-24-18(10-23-17,21-11-6-7-20-28-11)13-12(17)25-16(4,5)26-13/h6-7,12-13,21H,8-10H2,1-5H3,(H,19,22). The van der Waals surface area contributed by atoms with Crippen molar-refractivity contribution >= 4 is 12.0 Å². The van der Waals surface area contributed by atoms with E-state index in [0.717, 1.165) is 0 Å². The van der Waals surface area contributed by atoms with Crippen LogP contribution >= 0.6 is 0 Å². The molecule has 28 heavy (non-hydrogen) atoms. The minimum atomic E-state index is -0.981. The van der Waals surface area contributed by atoms with Gasteiger partial charge >= 0.3 is 6.09 Å². The number of hydrogen-bond donors (Lipinski definition) is 2. The molecule has 10 heteroatoms. The van der Waals surface area contributed by atoms with Gasteiger partial charge < -0.3 is 38.8 Å². The van der Waals surface area contributed by atoms with Gasteiger partial charge in [0.2, 0.25) is 5.88 Å². The zero-order valence-corrected chi connectivity index (χ0v) is 16.7. The first kappa shape index (κ1) is 19.4. The molecule has 2 bridgehead atoms. The third-order valence-corrected chi connectivity index (χ3v) is 4.93. The first-order valence-electron chi connectivity index (χ1n) is 9.32. The van der Waals surface area contributed by atoms with Crippen LogP contribution in [0.15, 0.2) is 16.8 Å². The molecule has 1 aromatic rings. The number of rotatable bonds is 4. The van der Waals surface area contributed by atoms with Gasteiger partial charge in [0, 0.05) is 6.07 Å². The summed E-state index contributed by atoms with van der Waals surface area (Å²) in [5, 5.41) is 9.67. The number of nitrogens with one attached hydrogen (secondary N) is 2. The lowest BCUT2D eigenvalue weighted by atomic mass is 9.81. The van der Waals surface area contributed by atoms with Gasteiger partial charge in [-0.05, 0) is 34.6 Å². The summed E-state index contributed by atoms with van der Waals surface area (Å²) in [6, 6.07) is 1.69. The van der Waals surface area contributed by atoms with Crippen LogP contribution in [-0.4, -0.2) is 65.9 Å². The van der Waals surface area contributed by atoms with Crippen molar-refractivity contribution in [1.82, 2.24) is 10.5 Å². The second-order valence-electron chi connectivity index (χ2n) is 8.87. The van der Waals surface area contributed by atoms with Crippen LogP contribution in [0.4, 0.5) is 10.7 Å². The summed E-state index contributed by atoms with van der Waals surface area (Å²) in [4.78, 5) is 12.1. The average molecular weight is 397 g/mol. The predicted octanol–water partition coefficient (Wildman–Crippen LogP) is 1.63. The number of alkyl carbamates (subject to hydrolysis) is 1. The van der Waals surface area contributed by atoms with Crippen molar-refractivity contribution in [2.24, 2.45) is 0 Å². The Morgan fingerprint density at radius 1 is 1.25 bits per heavy atom. The highest BCUT2D eigenvalue weighted by atomic mass is 16.8. The van der Waals surface area contributed by atoms with Gasteiger partial charge in [-0.2, -0.15) is 0 Å². The summed E-state index contributed by atoms with van der Waals surface area (Å²) < 4.78 is 35.1. The van der Waals surface area contributed by atoms with Gasteiger partial charge in [-0.25, -0.2) is 4.79 Å². The van der Waals surface area contributed by atoms with Gasteiger partial charge in [0.15, 0.2) is 11.5 Å². The highest BCUT2D eigenvalue weighted by Gasteiger charge is 2.69. The number of aromatic nitrogens is 1. The zero-order chi connectivity index (χ0) is 20.2. The fraction of sp³-hybridized carbons (Fsp3) is 0.778. The average Bonchev–Trinajstić information content (AvgIpc) is 3.20. The van der Waals surface area contributed by atoms with Crippen molar-refractivity contribution < 1.29 is 33.0 Å². The van der Waals surface area contributed by atoms with E-state index < -0.39 is 41.0 Å². The molecule has 0 radical (unpaired) electrons. The van der Waals surface area contributed by atoms with Crippen LogP contribution in [0.5, 0.6) is 0 Å². The molecular weight excluding hydrogens is 370 g/mol. The van der Waals surface area contributed by atoms with Crippen LogP contribution < -0.4 is 10.6 Å². The number of carbonyl (C=O) groups is 1. The quantitative estimate of drug-likeness (QED) is 0.782. The summed E-state index contributed by atoms with van der Waals surface area (Å²) in [7, 11) is 0. The van der Waals surface area contributed by atoms with Gasteiger partial charge in [-0.3, -0.25) is 0 Å². The largest absolute Gasteiger partial charge is 0.444 e. The molecule has 5 heterocycles. The Hall–Kier alpha value is -1.88. The molecule has 0 aromatic carbocycles. The van der Waals surface area contributed by atoms with E-state index >= 15 is 0 Å². The molecule has 0 spiro atoms. The normalized spacial score (nSPS) is 36.0. The molecule has 1 aromatic heterocycles. The summed E-state index contributed by atoms with van der Waals surface area (Å²) in [6.45, 7) is 9.64. The van der Waals surface area contributed by atoms with Gasteiger partial charge in [-0.15, -0.1) is 0 Å². The van der Waals surface area contributed by atoms with Crippen LogP contribution in [-0.2, 0) is 23.7 Å². The van der Waals surface area contributed by atoms with Crippen LogP contribution in [0.3, 0.4) is 0 Å². The minimum Gasteiger partial charge on any atom is -0.444 e. The van der Waals surface area contributed by atoms with E-state index in [1.807, 2.05) is 34.6 Å². The Morgan fingerprint density at radius 3 is 2.61 bits per heavy atom. The third-order valence-electron chi connectivity index (χ3n) is 4.93. The van der Waals surface area contributed by atoms with Gasteiger partial charge in [0.05, 0.1) is 26.0 Å². The Morgan fingerprint density at radius 2 is 2.00 bits per heavy atom. The summed E-state index contributed by atoms with van der Waals surface area (Å²) in [5.74, 6) is -0.389. The molecule has 1 amide bonds. The Labute approximate surface area is 163 Å². The van der Waals surface area contributed by atoms with E-state index in [4.69, 9.17) is 28.2 Å². The van der Waals surface area contributed by atoms with Crippen LogP contribution in [0.1, 0.15) is 34.6 Å². The zero-order valence-electron chi connectivity index (χ0n) is 16.7. The smallest absolute Gasteiger partial charge is 0.407 e. The number of ether oxygens (including phenoxy) is 5. The van der Waals surface area contributed by atoms with Crippen LogP contribution in [0.25, 0.3) is 0 Å². The summed E-state index contributed by atoms with van der Waals surface area (Å²) in [5.41, 5.74) is -2.46. The second kappa shape index (κ2) is 6.31. The molecule has 2 N–H and O–H groups in total. The maximum atomic E-state index is 12.1. The van der Waals surface area contributed by atoms with Crippen LogP contribution in [0, 0.1) is 0 Å². The number of nitrogens with zero attached hydrogens (tertiary/aromatic N) is 1. The molecule has 4 saturated heterocycles. The van der Waals surface area contributed by atoms with E-state index in [2.05, 4.69) is 15.8 Å². The van der Waals surface area contributed by atoms with Crippen LogP contribution in [0.2, 0.25) is 0 Å². The molecule has 4 atom stereocenters. The summed E-state index contributed by atoms with van der Waals surface area (Å²) >= 11 is 0. The highest BCUT2D eigenvalue weighted by Crippen LogP contribution is 2.49. The molecule has 156 valence electrons. The number of amides is 1. The minimum absolute atomic E-state index is 0.168. The van der Waals surface area contributed by atoms with E-state index in [1.54, 1.807) is 6.07 Å². The van der Waals surface area contributed by atoms with Crippen molar-refractivity contribution in [3.63, 3.8) is 0 Å². The first-order chi connectivity index (χ1) is 13.0. The lowest BCUT2D eigenvalue weighted by molar-refractivity contribution is -0.320. The van der Waals surface area contributed by atoms with Crippen molar-refractivity contribution in [3.8, 4) is 0 Å². The summed E-state index contributed by atoms with van der Waals surface area (Å²) in [6.07, 6.45) is 0.0711. The number of hydrogen-bond acceptors (Lipinski definition) is 9. The molecule has 0 saturated carbocycles. The van der Waals surface area contributed by atoms with E-state index in [0.29, 0.717) is 5.88 Å². The Kier molecular flexibility index (Phi) is 4.38. The van der Waals surface area contributed by atoms with Crippen molar-refractivity contribution in [1.29, 1.82) is 0 Å². The van der Waals surface area contributed by atoms with Crippen molar-refractivity contribution in [2.45, 2.75) is 69.5 Å². The SMILES string of the molecule is CC(C)(C)OC(=O)NCC12COC(Nc3ccno3)(CO1)C1OC(C)(C)OC12. The molecule has 4 aliphatic heterocycles. The molecule has 10 nitrogen and oxygen atoms in total. The second-order valence-corrected chi connectivity index (χ2v) is 8.87. The fourth-order valence-electron chi connectivity index (χ4n) is 3.77. The van der Waals surface area contributed by atoms with Gasteiger partial charge in [-0.1, -0.05) is 5.16 Å². The van der Waals surface area contributed by atoms with E-state index in [9.17, 15) is 4.79 Å². The van der Waals surface area contributed by atoms with E-state index in [-0.39, 0.29) is 19.8 Å². The number of fused-ring (bicyclic) bond motifs is 2. The molecule has 5 rings (SSSR count). The number of carbonyl (C=O) groups excluding carboxylic acids is 1. The van der Waals surface area contributed by atoms with Gasteiger partial charge in [0.1, 0.15) is 23.4 Å². The molecule has 4 fully saturated rings. The fourth-order valence-corrected chi connectivity index (χ4v) is 3.77. The Balaban J connectivity index is 1.53. The molecule has 0 aliphatic carbocycles.